The first kappa shape index (κ1) is 12.5. The van der Waals surface area contributed by atoms with Crippen LogP contribution in [0.5, 0.6) is 5.75 Å². The van der Waals surface area contributed by atoms with Gasteiger partial charge in [0, 0.05) is 0 Å². The van der Waals surface area contributed by atoms with Crippen LogP contribution in [0, 0.1) is 5.92 Å². The summed E-state index contributed by atoms with van der Waals surface area (Å²) in [6, 6.07) is 7.43. The van der Waals surface area contributed by atoms with Gasteiger partial charge in [-0.25, -0.2) is 0 Å². The van der Waals surface area contributed by atoms with Gasteiger partial charge in [-0.1, -0.05) is 26.0 Å². The van der Waals surface area contributed by atoms with Crippen LogP contribution in [0.15, 0.2) is 24.3 Å². The fraction of sp³-hybridized carbons (Fsp3) is 0.533. The molecule has 3 rings (SSSR count). The van der Waals surface area contributed by atoms with E-state index in [0.717, 1.165) is 19.6 Å². The van der Waals surface area contributed by atoms with Gasteiger partial charge in [0.05, 0.1) is 18.7 Å². The minimum Gasteiger partial charge on any atom is -0.464 e. The summed E-state index contributed by atoms with van der Waals surface area (Å²) in [4.78, 5) is 14.4. The van der Waals surface area contributed by atoms with E-state index in [4.69, 9.17) is 4.74 Å². The quantitative estimate of drug-likeness (QED) is 0.902. The fourth-order valence-electron chi connectivity index (χ4n) is 2.67. The van der Waals surface area contributed by atoms with E-state index in [-0.39, 0.29) is 5.91 Å². The summed E-state index contributed by atoms with van der Waals surface area (Å²) in [5.41, 5.74) is 0.136. The van der Waals surface area contributed by atoms with Gasteiger partial charge in [-0.05, 0) is 31.0 Å². The van der Waals surface area contributed by atoms with Crippen LogP contribution >= 0.6 is 0 Å². The average Bonchev–Trinajstić information content (AvgIpc) is 2.33. The number of hydrogen-bond donors (Lipinski definition) is 1. The molecule has 0 radical (unpaired) electrons. The van der Waals surface area contributed by atoms with Crippen molar-refractivity contribution in [1.29, 1.82) is 0 Å². The van der Waals surface area contributed by atoms with Gasteiger partial charge in [-0.2, -0.15) is 0 Å². The Kier molecular flexibility index (Phi) is 2.97. The first-order chi connectivity index (χ1) is 9.08. The molecule has 0 bridgehead atoms. The summed E-state index contributed by atoms with van der Waals surface area (Å²) in [6.45, 7) is 7.08. The lowest BCUT2D eigenvalue weighted by molar-refractivity contribution is -0.0995. The van der Waals surface area contributed by atoms with E-state index in [0.29, 0.717) is 17.2 Å². The number of nitrogens with zero attached hydrogens (tertiary/aromatic N) is 1. The number of likely N-dealkylation sites (tertiary alicyclic amines) is 1. The van der Waals surface area contributed by atoms with Crippen LogP contribution < -0.4 is 10.1 Å². The zero-order valence-corrected chi connectivity index (χ0v) is 11.5. The molecule has 4 heteroatoms. The molecule has 1 aromatic rings. The second kappa shape index (κ2) is 4.53. The second-order valence-corrected chi connectivity index (χ2v) is 5.94. The van der Waals surface area contributed by atoms with Gasteiger partial charge in [-0.15, -0.1) is 0 Å². The van der Waals surface area contributed by atoms with Crippen molar-refractivity contribution >= 4 is 5.91 Å². The molecule has 0 unspecified atom stereocenters. The monoisotopic (exact) mass is 260 g/mol. The number of para-hydroxylation sites is 1. The van der Waals surface area contributed by atoms with Gasteiger partial charge in [0.25, 0.3) is 5.91 Å². The predicted octanol–water partition coefficient (Wildman–Crippen LogP) is 1.87. The Morgan fingerprint density at radius 3 is 2.84 bits per heavy atom. The minimum atomic E-state index is -0.498. The highest BCUT2D eigenvalue weighted by Crippen LogP contribution is 2.32. The van der Waals surface area contributed by atoms with Crippen LogP contribution in [0.3, 0.4) is 0 Å². The summed E-state index contributed by atoms with van der Waals surface area (Å²) in [7, 11) is 0. The number of hydrogen-bond acceptors (Lipinski definition) is 3. The van der Waals surface area contributed by atoms with Crippen LogP contribution in [0.1, 0.15) is 30.6 Å². The molecule has 4 nitrogen and oxygen atoms in total. The molecule has 0 aromatic heterocycles. The lowest BCUT2D eigenvalue weighted by Gasteiger charge is -2.51. The third-order valence-electron chi connectivity index (χ3n) is 3.76. The average molecular weight is 260 g/mol. The molecule has 2 aliphatic rings. The van der Waals surface area contributed by atoms with Gasteiger partial charge >= 0.3 is 0 Å². The number of rotatable bonds is 3. The number of benzene rings is 1. The van der Waals surface area contributed by atoms with Crippen LogP contribution in [0.2, 0.25) is 0 Å². The topological polar surface area (TPSA) is 41.6 Å². The van der Waals surface area contributed by atoms with Gasteiger partial charge in [0.2, 0.25) is 5.72 Å². The van der Waals surface area contributed by atoms with Crippen molar-refractivity contribution in [3.8, 4) is 5.75 Å². The van der Waals surface area contributed by atoms with Crippen molar-refractivity contribution in [1.82, 2.24) is 10.2 Å². The number of nitrogens with one attached hydrogen (secondary N) is 1. The molecule has 1 N–H and O–H groups in total. The van der Waals surface area contributed by atoms with Gasteiger partial charge in [0.15, 0.2) is 0 Å². The standard InChI is InChI=1S/C15H20N2O2/c1-11(2)7-8-17-9-15(10-17)16-14(18)12-5-3-4-6-13(12)19-15/h3-6,11H,7-10H2,1-2H3,(H,16,18). The predicted molar refractivity (Wildman–Crippen MR) is 73.2 cm³/mol. The largest absolute Gasteiger partial charge is 0.464 e. The molecule has 1 amide bonds. The number of fused-ring (bicyclic) bond motifs is 1. The second-order valence-electron chi connectivity index (χ2n) is 5.94. The third-order valence-corrected chi connectivity index (χ3v) is 3.76. The highest BCUT2D eigenvalue weighted by atomic mass is 16.5. The molecule has 19 heavy (non-hydrogen) atoms. The molecule has 0 saturated carbocycles. The molecule has 102 valence electrons. The number of ether oxygens (including phenoxy) is 1. The summed E-state index contributed by atoms with van der Waals surface area (Å²) in [5.74, 6) is 1.39. The Morgan fingerprint density at radius 2 is 2.11 bits per heavy atom. The van der Waals surface area contributed by atoms with E-state index in [1.807, 2.05) is 18.2 Å². The Hall–Kier alpha value is -1.55. The summed E-state index contributed by atoms with van der Waals surface area (Å²) in [6.07, 6.45) is 1.18. The smallest absolute Gasteiger partial charge is 0.258 e. The molecule has 1 fully saturated rings. The highest BCUT2D eigenvalue weighted by molar-refractivity contribution is 5.98. The summed E-state index contributed by atoms with van der Waals surface area (Å²) in [5, 5.41) is 3.00. The maximum absolute atomic E-state index is 12.1. The van der Waals surface area contributed by atoms with Crippen molar-refractivity contribution in [2.45, 2.75) is 26.0 Å². The Labute approximate surface area is 113 Å². The first-order valence-electron chi connectivity index (χ1n) is 6.91. The van der Waals surface area contributed by atoms with Crippen molar-refractivity contribution in [2.75, 3.05) is 19.6 Å². The maximum Gasteiger partial charge on any atom is 0.258 e. The zero-order valence-electron chi connectivity index (χ0n) is 11.5. The molecule has 2 aliphatic heterocycles. The highest BCUT2D eigenvalue weighted by Gasteiger charge is 2.49. The summed E-state index contributed by atoms with van der Waals surface area (Å²) < 4.78 is 5.99. The van der Waals surface area contributed by atoms with E-state index in [1.54, 1.807) is 6.07 Å². The van der Waals surface area contributed by atoms with E-state index in [1.165, 1.54) is 6.42 Å². The molecule has 1 saturated heterocycles. The first-order valence-corrected chi connectivity index (χ1v) is 6.91. The Morgan fingerprint density at radius 1 is 1.37 bits per heavy atom. The minimum absolute atomic E-state index is 0.0228. The van der Waals surface area contributed by atoms with Crippen LogP contribution in [-0.4, -0.2) is 36.2 Å². The third kappa shape index (κ3) is 2.32. The van der Waals surface area contributed by atoms with Crippen molar-refractivity contribution < 1.29 is 9.53 Å². The van der Waals surface area contributed by atoms with E-state index in [9.17, 15) is 4.79 Å². The van der Waals surface area contributed by atoms with Crippen LogP contribution in [0.4, 0.5) is 0 Å². The lowest BCUT2D eigenvalue weighted by Crippen LogP contribution is -2.74. The SMILES string of the molecule is CC(C)CCN1CC2(C1)NC(=O)c1ccccc1O2. The lowest BCUT2D eigenvalue weighted by atomic mass is 9.98. The van der Waals surface area contributed by atoms with E-state index in [2.05, 4.69) is 24.1 Å². The van der Waals surface area contributed by atoms with Gasteiger partial charge in [-0.3, -0.25) is 9.69 Å². The zero-order chi connectivity index (χ0) is 13.5. The number of amides is 1. The van der Waals surface area contributed by atoms with Crippen molar-refractivity contribution in [3.63, 3.8) is 0 Å². The molecule has 1 spiro atoms. The van der Waals surface area contributed by atoms with Crippen molar-refractivity contribution in [3.05, 3.63) is 29.8 Å². The van der Waals surface area contributed by atoms with Gasteiger partial charge in [0.1, 0.15) is 5.75 Å². The number of carbonyl (C=O) groups excluding carboxylic acids is 1. The Bertz CT molecular complexity index is 493. The molecule has 0 aliphatic carbocycles. The van der Waals surface area contributed by atoms with Gasteiger partial charge < -0.3 is 10.1 Å². The molecule has 2 heterocycles. The maximum atomic E-state index is 12.1. The van der Waals surface area contributed by atoms with Crippen molar-refractivity contribution in [2.24, 2.45) is 5.92 Å². The van der Waals surface area contributed by atoms with Crippen LogP contribution in [-0.2, 0) is 0 Å². The molecular weight excluding hydrogens is 240 g/mol. The van der Waals surface area contributed by atoms with Crippen LogP contribution in [0.25, 0.3) is 0 Å². The van der Waals surface area contributed by atoms with E-state index >= 15 is 0 Å². The van der Waals surface area contributed by atoms with E-state index < -0.39 is 5.72 Å². The normalized spacial score (nSPS) is 20.7. The number of carbonyl (C=O) groups is 1. The Balaban J connectivity index is 1.65. The molecule has 0 atom stereocenters. The molecular formula is C15H20N2O2. The fourth-order valence-corrected chi connectivity index (χ4v) is 2.67. The summed E-state index contributed by atoms with van der Waals surface area (Å²) >= 11 is 0. The molecule has 1 aromatic carbocycles.